The number of nitriles is 1. The van der Waals surface area contributed by atoms with Gasteiger partial charge in [-0.1, -0.05) is 23.7 Å². The van der Waals surface area contributed by atoms with Crippen molar-refractivity contribution in [1.82, 2.24) is 4.98 Å². The molecular formula is C14H11ClN2O. The number of benzene rings is 1. The van der Waals surface area contributed by atoms with Crippen LogP contribution in [0.1, 0.15) is 22.9 Å². The van der Waals surface area contributed by atoms with Crippen molar-refractivity contribution in [1.29, 1.82) is 5.26 Å². The zero-order valence-corrected chi connectivity index (χ0v) is 10.6. The predicted octanol–water partition coefficient (Wildman–Crippen LogP) is 3.87. The minimum Gasteiger partial charge on any atom is -0.442 e. The second-order valence-electron chi connectivity index (χ2n) is 3.77. The van der Waals surface area contributed by atoms with Crippen LogP contribution in [-0.4, -0.2) is 4.98 Å². The Morgan fingerprint density at radius 1 is 1.33 bits per heavy atom. The lowest BCUT2D eigenvalue weighted by molar-refractivity contribution is 0.515. The molecule has 0 fully saturated rings. The standard InChI is InChI=1S/C14H11ClN2O/c1-10-13(8-9-16)17-14(18-10)7-4-11-2-5-12(15)6-3-11/h2-7H,8H2,1H3/b7-4+. The smallest absolute Gasteiger partial charge is 0.219 e. The number of aryl methyl sites for hydroxylation is 1. The highest BCUT2D eigenvalue weighted by Crippen LogP contribution is 2.15. The third kappa shape index (κ3) is 2.99. The molecule has 0 spiro atoms. The average Bonchev–Trinajstić information content (AvgIpc) is 2.70. The Balaban J connectivity index is 2.16. The zero-order valence-electron chi connectivity index (χ0n) is 9.85. The molecule has 0 aliphatic carbocycles. The van der Waals surface area contributed by atoms with Crippen molar-refractivity contribution in [2.45, 2.75) is 13.3 Å². The van der Waals surface area contributed by atoms with Gasteiger partial charge in [0.1, 0.15) is 5.76 Å². The van der Waals surface area contributed by atoms with Crippen LogP contribution < -0.4 is 0 Å². The summed E-state index contributed by atoms with van der Waals surface area (Å²) in [6.07, 6.45) is 3.93. The monoisotopic (exact) mass is 258 g/mol. The van der Waals surface area contributed by atoms with E-state index in [0.717, 1.165) is 5.56 Å². The molecule has 2 rings (SSSR count). The average molecular weight is 259 g/mol. The van der Waals surface area contributed by atoms with Crippen LogP contribution in [0.3, 0.4) is 0 Å². The summed E-state index contributed by atoms with van der Waals surface area (Å²) in [6, 6.07) is 9.52. The van der Waals surface area contributed by atoms with Crippen LogP contribution in [0, 0.1) is 18.3 Å². The molecule has 4 heteroatoms. The zero-order chi connectivity index (χ0) is 13.0. The van der Waals surface area contributed by atoms with E-state index in [1.54, 1.807) is 13.0 Å². The van der Waals surface area contributed by atoms with Crippen LogP contribution in [0.15, 0.2) is 28.7 Å². The topological polar surface area (TPSA) is 49.8 Å². The van der Waals surface area contributed by atoms with Gasteiger partial charge in [0.25, 0.3) is 0 Å². The van der Waals surface area contributed by atoms with E-state index in [2.05, 4.69) is 11.1 Å². The van der Waals surface area contributed by atoms with Gasteiger partial charge in [-0.2, -0.15) is 5.26 Å². The molecule has 1 heterocycles. The van der Waals surface area contributed by atoms with Crippen LogP contribution in [0.4, 0.5) is 0 Å². The minimum atomic E-state index is 0.268. The molecule has 0 aliphatic heterocycles. The highest BCUT2D eigenvalue weighted by molar-refractivity contribution is 6.30. The van der Waals surface area contributed by atoms with Gasteiger partial charge in [-0.25, -0.2) is 4.98 Å². The maximum atomic E-state index is 8.63. The Morgan fingerprint density at radius 3 is 2.72 bits per heavy atom. The first kappa shape index (κ1) is 12.4. The van der Waals surface area contributed by atoms with E-state index in [0.29, 0.717) is 22.4 Å². The lowest BCUT2D eigenvalue weighted by Gasteiger charge is -1.92. The molecule has 0 atom stereocenters. The Bertz CT molecular complexity index is 606. The molecular weight excluding hydrogens is 248 g/mol. The molecule has 90 valence electrons. The first-order valence-electron chi connectivity index (χ1n) is 5.46. The van der Waals surface area contributed by atoms with Gasteiger partial charge < -0.3 is 4.42 Å². The van der Waals surface area contributed by atoms with Crippen molar-refractivity contribution in [2.75, 3.05) is 0 Å². The van der Waals surface area contributed by atoms with Crippen LogP contribution in [0.25, 0.3) is 12.2 Å². The number of rotatable bonds is 3. The summed E-state index contributed by atoms with van der Waals surface area (Å²) in [5.74, 6) is 1.19. The van der Waals surface area contributed by atoms with E-state index in [4.69, 9.17) is 21.3 Å². The first-order valence-corrected chi connectivity index (χ1v) is 5.84. The van der Waals surface area contributed by atoms with Gasteiger partial charge in [0.15, 0.2) is 0 Å². The van der Waals surface area contributed by atoms with Crippen molar-refractivity contribution >= 4 is 23.8 Å². The lowest BCUT2D eigenvalue weighted by atomic mass is 10.2. The maximum absolute atomic E-state index is 8.63. The van der Waals surface area contributed by atoms with E-state index >= 15 is 0 Å². The quantitative estimate of drug-likeness (QED) is 0.840. The fourth-order valence-electron chi connectivity index (χ4n) is 1.50. The molecule has 1 aromatic carbocycles. The number of hydrogen-bond donors (Lipinski definition) is 0. The molecule has 3 nitrogen and oxygen atoms in total. The van der Waals surface area contributed by atoms with E-state index in [1.165, 1.54) is 0 Å². The van der Waals surface area contributed by atoms with E-state index in [1.807, 2.05) is 30.3 Å². The Morgan fingerprint density at radius 2 is 2.06 bits per heavy atom. The van der Waals surface area contributed by atoms with Gasteiger partial charge in [0.05, 0.1) is 18.2 Å². The fraction of sp³-hybridized carbons (Fsp3) is 0.143. The molecule has 0 unspecified atom stereocenters. The van der Waals surface area contributed by atoms with Crippen LogP contribution >= 0.6 is 11.6 Å². The van der Waals surface area contributed by atoms with Gasteiger partial charge in [0.2, 0.25) is 5.89 Å². The van der Waals surface area contributed by atoms with Crippen LogP contribution in [-0.2, 0) is 6.42 Å². The Labute approximate surface area is 110 Å². The number of aromatic nitrogens is 1. The summed E-state index contributed by atoms with van der Waals surface area (Å²) < 4.78 is 5.44. The SMILES string of the molecule is Cc1oc(/C=C/c2ccc(Cl)cc2)nc1CC#N. The van der Waals surface area contributed by atoms with E-state index in [9.17, 15) is 0 Å². The van der Waals surface area contributed by atoms with Gasteiger partial charge in [-0.15, -0.1) is 0 Å². The highest BCUT2D eigenvalue weighted by Gasteiger charge is 2.06. The third-order valence-electron chi connectivity index (χ3n) is 2.44. The first-order chi connectivity index (χ1) is 8.69. The molecule has 0 aliphatic rings. The number of nitrogens with zero attached hydrogens (tertiary/aromatic N) is 2. The summed E-state index contributed by atoms with van der Waals surface area (Å²) in [7, 11) is 0. The molecule has 1 aromatic heterocycles. The van der Waals surface area contributed by atoms with Crippen LogP contribution in [0.2, 0.25) is 5.02 Å². The van der Waals surface area contributed by atoms with Crippen molar-refractivity contribution in [3.05, 3.63) is 52.2 Å². The predicted molar refractivity (Wildman–Crippen MR) is 70.9 cm³/mol. The summed E-state index contributed by atoms with van der Waals surface area (Å²) >= 11 is 5.80. The molecule has 0 saturated heterocycles. The molecule has 0 bridgehead atoms. The van der Waals surface area contributed by atoms with Crippen molar-refractivity contribution in [2.24, 2.45) is 0 Å². The fourth-order valence-corrected chi connectivity index (χ4v) is 1.63. The third-order valence-corrected chi connectivity index (χ3v) is 2.70. The molecule has 0 radical (unpaired) electrons. The summed E-state index contributed by atoms with van der Waals surface area (Å²) in [5, 5.41) is 9.33. The second-order valence-corrected chi connectivity index (χ2v) is 4.21. The van der Waals surface area contributed by atoms with Crippen LogP contribution in [0.5, 0.6) is 0 Å². The Kier molecular flexibility index (Phi) is 3.81. The largest absolute Gasteiger partial charge is 0.442 e. The molecule has 0 saturated carbocycles. The second kappa shape index (κ2) is 5.52. The van der Waals surface area contributed by atoms with Gasteiger partial charge in [-0.05, 0) is 30.7 Å². The molecule has 18 heavy (non-hydrogen) atoms. The number of oxazole rings is 1. The molecule has 2 aromatic rings. The minimum absolute atomic E-state index is 0.268. The Hall–Kier alpha value is -2.05. The van der Waals surface area contributed by atoms with E-state index < -0.39 is 0 Å². The number of hydrogen-bond acceptors (Lipinski definition) is 3. The van der Waals surface area contributed by atoms with E-state index in [-0.39, 0.29) is 6.42 Å². The van der Waals surface area contributed by atoms with Gasteiger partial charge in [0, 0.05) is 11.1 Å². The number of halogens is 1. The molecule has 0 amide bonds. The summed E-state index contributed by atoms with van der Waals surface area (Å²) in [4.78, 5) is 4.23. The normalized spacial score (nSPS) is 10.7. The van der Waals surface area contributed by atoms with Gasteiger partial charge in [-0.3, -0.25) is 0 Å². The lowest BCUT2D eigenvalue weighted by Crippen LogP contribution is -1.83. The maximum Gasteiger partial charge on any atom is 0.219 e. The summed E-state index contributed by atoms with van der Waals surface area (Å²) in [6.45, 7) is 1.80. The van der Waals surface area contributed by atoms with Crippen molar-refractivity contribution in [3.8, 4) is 6.07 Å². The highest BCUT2D eigenvalue weighted by atomic mass is 35.5. The van der Waals surface area contributed by atoms with Gasteiger partial charge >= 0.3 is 0 Å². The van der Waals surface area contributed by atoms with Crippen molar-refractivity contribution < 1.29 is 4.42 Å². The van der Waals surface area contributed by atoms with Crippen molar-refractivity contribution in [3.63, 3.8) is 0 Å². The summed E-state index contributed by atoms with van der Waals surface area (Å²) in [5.41, 5.74) is 1.70. The molecule has 0 N–H and O–H groups in total.